The number of aliphatic hydroxyl groups is 2. The molecule has 10 atom stereocenters. The number of phenols is 1. The van der Waals surface area contributed by atoms with Crippen LogP contribution in [0.25, 0.3) is 0 Å². The van der Waals surface area contributed by atoms with Crippen molar-refractivity contribution in [1.82, 2.24) is 0 Å². The monoisotopic (exact) mass is 635 g/mol. The summed E-state index contributed by atoms with van der Waals surface area (Å²) in [7, 11) is 1.84. The number of nitrogens with one attached hydrogen (secondary N) is 1. The van der Waals surface area contributed by atoms with Gasteiger partial charge in [0, 0.05) is 41.5 Å². The molecule has 0 amide bonds. The maximum Gasteiger partial charge on any atom is 0.193 e. The van der Waals surface area contributed by atoms with Crippen LogP contribution in [0.4, 0.5) is 14.5 Å². The number of halogens is 2. The minimum absolute atomic E-state index is 0.0199. The van der Waals surface area contributed by atoms with Crippen molar-refractivity contribution in [2.75, 3.05) is 19.0 Å². The van der Waals surface area contributed by atoms with Crippen LogP contribution in [0.1, 0.15) is 56.1 Å². The Morgan fingerprint density at radius 2 is 1.85 bits per heavy atom. The van der Waals surface area contributed by atoms with E-state index in [0.29, 0.717) is 17.5 Å². The Kier molecular flexibility index (Phi) is 7.14. The Morgan fingerprint density at radius 3 is 2.52 bits per heavy atom. The molecule has 1 saturated heterocycles. The third-order valence-corrected chi connectivity index (χ3v) is 11.9. The molecule has 1 heterocycles. The topological polar surface area (TPSA) is 125 Å². The highest BCUT2D eigenvalue weighted by molar-refractivity contribution is 6.01. The van der Waals surface area contributed by atoms with Gasteiger partial charge in [0.2, 0.25) is 0 Å². The van der Waals surface area contributed by atoms with Crippen LogP contribution in [-0.4, -0.2) is 70.2 Å². The van der Waals surface area contributed by atoms with Crippen molar-refractivity contribution >= 4 is 17.3 Å². The lowest BCUT2D eigenvalue weighted by atomic mass is 9.44. The largest absolute Gasteiger partial charge is 0.508 e. The molecule has 4 fully saturated rings. The number of aliphatic hydroxyl groups excluding tert-OH is 2. The lowest BCUT2D eigenvalue weighted by molar-refractivity contribution is -0.235. The zero-order valence-corrected chi connectivity index (χ0v) is 26.0. The van der Waals surface area contributed by atoms with E-state index in [-0.39, 0.29) is 30.6 Å². The van der Waals surface area contributed by atoms with Crippen molar-refractivity contribution in [2.24, 2.45) is 22.7 Å². The van der Waals surface area contributed by atoms with Crippen molar-refractivity contribution in [2.45, 2.75) is 75.5 Å². The summed E-state index contributed by atoms with van der Waals surface area (Å²) >= 11 is 0. The van der Waals surface area contributed by atoms with E-state index in [1.165, 1.54) is 25.1 Å². The fourth-order valence-electron chi connectivity index (χ4n) is 9.60. The number of fused-ring (bicyclic) bond motifs is 7. The van der Waals surface area contributed by atoms with Crippen molar-refractivity contribution < 1.29 is 43.2 Å². The van der Waals surface area contributed by atoms with Crippen LogP contribution in [0.3, 0.4) is 0 Å². The minimum atomic E-state index is -2.32. The third kappa shape index (κ3) is 4.03. The predicted octanol–water partition coefficient (Wildman–Crippen LogP) is 4.67. The molecular formula is C36H39F2NO7. The highest BCUT2D eigenvalue weighted by Crippen LogP contribution is 2.72. The van der Waals surface area contributed by atoms with Crippen LogP contribution in [0.2, 0.25) is 0 Å². The van der Waals surface area contributed by atoms with Gasteiger partial charge in [-0.2, -0.15) is 0 Å². The van der Waals surface area contributed by atoms with Gasteiger partial charge >= 0.3 is 0 Å². The zero-order chi connectivity index (χ0) is 32.8. The number of hydrogen-bond donors (Lipinski definition) is 4. The van der Waals surface area contributed by atoms with Crippen LogP contribution in [0, 0.1) is 22.7 Å². The third-order valence-electron chi connectivity index (χ3n) is 11.9. The van der Waals surface area contributed by atoms with Crippen molar-refractivity contribution in [3.05, 3.63) is 83.0 Å². The van der Waals surface area contributed by atoms with E-state index in [1.807, 2.05) is 31.3 Å². The van der Waals surface area contributed by atoms with Gasteiger partial charge < -0.3 is 30.1 Å². The molecule has 0 spiro atoms. The van der Waals surface area contributed by atoms with E-state index in [4.69, 9.17) is 9.47 Å². The van der Waals surface area contributed by atoms with E-state index in [2.05, 4.69) is 5.32 Å². The van der Waals surface area contributed by atoms with Gasteiger partial charge in [0.05, 0.1) is 12.2 Å². The first kappa shape index (κ1) is 31.2. The normalized spacial score (nSPS) is 40.8. The van der Waals surface area contributed by atoms with Crippen LogP contribution >= 0.6 is 0 Å². The van der Waals surface area contributed by atoms with Gasteiger partial charge in [-0.1, -0.05) is 37.3 Å². The smallest absolute Gasteiger partial charge is 0.193 e. The molecule has 3 saturated carbocycles. The Balaban J connectivity index is 1.21. The molecule has 2 aromatic rings. The predicted molar refractivity (Wildman–Crippen MR) is 164 cm³/mol. The molecule has 0 radical (unpaired) electrons. The second kappa shape index (κ2) is 10.5. The van der Waals surface area contributed by atoms with Gasteiger partial charge in [-0.25, -0.2) is 8.78 Å². The first-order valence-corrected chi connectivity index (χ1v) is 15.8. The Bertz CT molecular complexity index is 1660. The maximum atomic E-state index is 17.6. The number of anilines is 1. The average molecular weight is 636 g/mol. The first-order chi connectivity index (χ1) is 21.8. The van der Waals surface area contributed by atoms with E-state index < -0.39 is 76.8 Å². The molecule has 0 bridgehead atoms. The van der Waals surface area contributed by atoms with Gasteiger partial charge in [-0.15, -0.1) is 0 Å². The van der Waals surface area contributed by atoms with E-state index in [9.17, 15) is 24.9 Å². The highest BCUT2D eigenvalue weighted by atomic mass is 19.1. The van der Waals surface area contributed by atoms with Gasteiger partial charge in [-0.3, -0.25) is 9.59 Å². The Labute approximate surface area is 266 Å². The summed E-state index contributed by atoms with van der Waals surface area (Å²) < 4.78 is 46.3. The molecule has 7 rings (SSSR count). The minimum Gasteiger partial charge on any atom is -0.508 e. The van der Waals surface area contributed by atoms with Crippen LogP contribution in [0.5, 0.6) is 5.75 Å². The Morgan fingerprint density at radius 1 is 1.11 bits per heavy atom. The van der Waals surface area contributed by atoms with E-state index in [0.717, 1.165) is 17.3 Å². The molecule has 244 valence electrons. The second-order valence-corrected chi connectivity index (χ2v) is 14.0. The van der Waals surface area contributed by atoms with Crippen molar-refractivity contribution in [1.29, 1.82) is 0 Å². The van der Waals surface area contributed by atoms with Gasteiger partial charge in [0.1, 0.15) is 18.5 Å². The number of rotatable bonds is 6. The van der Waals surface area contributed by atoms with E-state index in [1.54, 1.807) is 19.1 Å². The number of ketones is 2. The van der Waals surface area contributed by atoms with Crippen molar-refractivity contribution in [3.63, 3.8) is 0 Å². The summed E-state index contributed by atoms with van der Waals surface area (Å²) in [6.07, 6.45) is -1.38. The average Bonchev–Trinajstić information content (AvgIpc) is 3.54. The summed E-state index contributed by atoms with van der Waals surface area (Å²) in [6, 6.07) is 12.9. The summed E-state index contributed by atoms with van der Waals surface area (Å²) in [6.45, 7) is 2.39. The van der Waals surface area contributed by atoms with Gasteiger partial charge in [0.15, 0.2) is 29.1 Å². The fraction of sp³-hybridized carbons (Fsp3) is 0.500. The van der Waals surface area contributed by atoms with Crippen LogP contribution < -0.4 is 5.32 Å². The summed E-state index contributed by atoms with van der Waals surface area (Å²) in [5.41, 5.74) is -3.71. The zero-order valence-electron chi connectivity index (χ0n) is 26.0. The summed E-state index contributed by atoms with van der Waals surface area (Å²) in [5, 5.41) is 35.9. The number of aromatic hydroxyl groups is 1. The first-order valence-electron chi connectivity index (χ1n) is 15.8. The van der Waals surface area contributed by atoms with Gasteiger partial charge in [0.25, 0.3) is 0 Å². The molecule has 0 aromatic heterocycles. The maximum absolute atomic E-state index is 17.6. The van der Waals surface area contributed by atoms with Crippen molar-refractivity contribution in [3.8, 4) is 5.75 Å². The molecule has 8 nitrogen and oxygen atoms in total. The van der Waals surface area contributed by atoms with Crippen LogP contribution in [-0.2, 0) is 25.5 Å². The lowest BCUT2D eigenvalue weighted by Gasteiger charge is -2.63. The molecule has 4 aliphatic carbocycles. The molecule has 5 aliphatic rings. The SMILES string of the molecule is CNc1ccc(Cc2ccc([C@@H]3O[C@@H]4C[C@H]5[C@@H]6C[C@H](F)C7=CC(=O)C=C[C@]7(C)[C@@]6(F)[C@@H](O)C[C@]5(C)[C@]4(C(=O)CO)O3)cc2O)cc1. The number of hydrogen-bond acceptors (Lipinski definition) is 8. The fourth-order valence-corrected chi connectivity index (χ4v) is 9.60. The van der Waals surface area contributed by atoms with Gasteiger partial charge in [-0.05, 0) is 79.2 Å². The number of phenolic OH excluding ortho intramolecular Hbond substituents is 1. The number of ether oxygens (including phenoxy) is 2. The molecular weight excluding hydrogens is 596 g/mol. The number of Topliss-reactive ketones (excluding diaryl/α,β-unsaturated/α-hetero) is 1. The van der Waals surface area contributed by atoms with Crippen LogP contribution in [0.15, 0.2) is 66.3 Å². The standard InChI is InChI=1S/C36H39F2NO7/c1-33-11-10-23(41)14-26(33)27(37)15-25-24-16-31-36(30(44)18-40,34(24,2)17-29(43)35(25,33)38)46-32(45-31)21-7-6-20(28(42)13-21)12-19-4-8-22(39-3)9-5-19/h4-11,13-14,24-25,27,29,31-32,39-40,42-43H,12,15-18H2,1-3H3/t24-,25-,27-,29-,31+,32+,33-,34-,35-,36+/m0/s1. The lowest BCUT2D eigenvalue weighted by Crippen LogP contribution is -2.70. The number of benzene rings is 2. The summed E-state index contributed by atoms with van der Waals surface area (Å²) in [4.78, 5) is 25.9. The Hall–Kier alpha value is -3.44. The number of carbonyl (C=O) groups excluding carboxylic acids is 2. The molecule has 46 heavy (non-hydrogen) atoms. The van der Waals surface area contributed by atoms with E-state index >= 15 is 8.78 Å². The number of allylic oxidation sites excluding steroid dienone is 4. The quantitative estimate of drug-likeness (QED) is 0.361. The molecule has 10 heteroatoms. The molecule has 2 aromatic carbocycles. The summed E-state index contributed by atoms with van der Waals surface area (Å²) in [5.74, 6) is -2.73. The highest BCUT2D eigenvalue weighted by Gasteiger charge is 2.80. The molecule has 0 unspecified atom stereocenters. The number of carbonyl (C=O) groups is 2. The number of alkyl halides is 2. The molecule has 4 N–H and O–H groups in total. The molecule has 1 aliphatic heterocycles. The second-order valence-electron chi connectivity index (χ2n) is 14.0.